The number of anilines is 1. The van der Waals surface area contributed by atoms with Crippen molar-refractivity contribution in [3.8, 4) is 0 Å². The number of carbonyl (C=O) groups is 1. The van der Waals surface area contributed by atoms with Crippen LogP contribution in [0.3, 0.4) is 0 Å². The Balaban J connectivity index is 0.00000441. The lowest BCUT2D eigenvalue weighted by atomic mass is 10.2. The summed E-state index contributed by atoms with van der Waals surface area (Å²) in [7, 11) is -2.15. The summed E-state index contributed by atoms with van der Waals surface area (Å²) >= 11 is 3.17. The number of thiazole rings is 1. The van der Waals surface area contributed by atoms with Crippen LogP contribution in [0.4, 0.5) is 5.13 Å². The van der Waals surface area contributed by atoms with Crippen LogP contribution in [0, 0.1) is 0 Å². The fourth-order valence-corrected chi connectivity index (χ4v) is 6.93. The molecule has 3 aromatic carbocycles. The van der Waals surface area contributed by atoms with E-state index in [2.05, 4.69) is 24.8 Å². The summed E-state index contributed by atoms with van der Waals surface area (Å²) in [6.45, 7) is 7.43. The highest BCUT2D eigenvalue weighted by atomic mass is 35.5. The Morgan fingerprint density at radius 2 is 1.62 bits per heavy atom. The van der Waals surface area contributed by atoms with Gasteiger partial charge in [0.05, 0.1) is 15.1 Å². The third-order valence-electron chi connectivity index (χ3n) is 6.65. The van der Waals surface area contributed by atoms with Gasteiger partial charge >= 0.3 is 0 Å². The number of amides is 1. The van der Waals surface area contributed by atoms with E-state index in [0.717, 1.165) is 33.8 Å². The number of nitrogens with zero attached hydrogens (tertiary/aromatic N) is 4. The summed E-state index contributed by atoms with van der Waals surface area (Å²) < 4.78 is 28.7. The summed E-state index contributed by atoms with van der Waals surface area (Å²) in [6, 6.07) is 21.8. The number of benzene rings is 3. The zero-order chi connectivity index (χ0) is 28.0. The summed E-state index contributed by atoms with van der Waals surface area (Å²) in [5.74, 6) is -0.201. The van der Waals surface area contributed by atoms with Crippen LogP contribution in [0.5, 0.6) is 0 Å². The Morgan fingerprint density at radius 3 is 2.25 bits per heavy atom. The molecule has 0 bridgehead atoms. The van der Waals surface area contributed by atoms with Crippen molar-refractivity contribution in [2.75, 3.05) is 44.4 Å². The molecule has 1 heterocycles. The second-order valence-corrected chi connectivity index (χ2v) is 13.0. The van der Waals surface area contributed by atoms with Gasteiger partial charge in [-0.3, -0.25) is 9.69 Å². The number of likely N-dealkylation sites (N-methyl/N-ethyl adjacent to an activating group) is 1. The molecular formula is C29H35ClN4O3S3. The second kappa shape index (κ2) is 14.4. The van der Waals surface area contributed by atoms with E-state index in [0.29, 0.717) is 23.8 Å². The predicted octanol–water partition coefficient (Wildman–Crippen LogP) is 6.25. The van der Waals surface area contributed by atoms with Crippen molar-refractivity contribution in [1.29, 1.82) is 0 Å². The number of hydrogen-bond acceptors (Lipinski definition) is 7. The largest absolute Gasteiger partial charge is 0.302 e. The molecule has 0 saturated carbocycles. The van der Waals surface area contributed by atoms with Gasteiger partial charge in [-0.25, -0.2) is 13.4 Å². The molecule has 0 aliphatic heterocycles. The number of aromatic nitrogens is 1. The Labute approximate surface area is 251 Å². The molecule has 0 aliphatic rings. The maximum absolute atomic E-state index is 13.8. The molecule has 0 fully saturated rings. The van der Waals surface area contributed by atoms with Crippen LogP contribution < -0.4 is 4.90 Å². The number of thioether (sulfide) groups is 1. The van der Waals surface area contributed by atoms with Crippen molar-refractivity contribution in [1.82, 2.24) is 14.2 Å². The quantitative estimate of drug-likeness (QED) is 0.175. The van der Waals surface area contributed by atoms with Gasteiger partial charge in [0, 0.05) is 37.1 Å². The molecule has 4 rings (SSSR count). The molecule has 1 amide bonds. The molecule has 7 nitrogen and oxygen atoms in total. The number of rotatable bonds is 12. The van der Waals surface area contributed by atoms with E-state index in [1.165, 1.54) is 27.8 Å². The van der Waals surface area contributed by atoms with Crippen LogP contribution in [-0.4, -0.2) is 68.0 Å². The van der Waals surface area contributed by atoms with Gasteiger partial charge in [0.2, 0.25) is 10.0 Å². The molecule has 0 aliphatic carbocycles. The lowest BCUT2D eigenvalue weighted by Gasteiger charge is -2.25. The standard InChI is InChI=1S/C29H34N4O3S3.ClH/c1-5-32(6-2)18-19-33(29-30-26-17-14-24(37-4)20-27(26)38-29)28(34)23-12-15-25(16-13-23)39(35,36)31(3)21-22-10-8-7-9-11-22;/h7-17,20H,5-6,18-19,21H2,1-4H3;1H. The van der Waals surface area contributed by atoms with Gasteiger partial charge in [0.25, 0.3) is 5.91 Å². The van der Waals surface area contributed by atoms with Crippen molar-refractivity contribution in [2.24, 2.45) is 0 Å². The van der Waals surface area contributed by atoms with Gasteiger partial charge in [0.1, 0.15) is 0 Å². The van der Waals surface area contributed by atoms with E-state index in [9.17, 15) is 13.2 Å². The Hall–Kier alpha value is -2.47. The Morgan fingerprint density at radius 1 is 0.950 bits per heavy atom. The zero-order valence-corrected chi connectivity index (χ0v) is 26.4. The summed E-state index contributed by atoms with van der Waals surface area (Å²) in [5, 5.41) is 0.639. The Kier molecular flexibility index (Phi) is 11.6. The van der Waals surface area contributed by atoms with E-state index in [1.54, 1.807) is 35.8 Å². The molecule has 0 spiro atoms. The van der Waals surface area contributed by atoms with Crippen LogP contribution in [0.15, 0.2) is 82.6 Å². The summed E-state index contributed by atoms with van der Waals surface area (Å²) in [4.78, 5) is 23.8. The molecule has 1 aromatic heterocycles. The third-order valence-corrected chi connectivity index (χ3v) is 10.2. The number of fused-ring (bicyclic) bond motifs is 1. The van der Waals surface area contributed by atoms with Crippen molar-refractivity contribution in [3.05, 3.63) is 83.9 Å². The zero-order valence-electron chi connectivity index (χ0n) is 23.1. The van der Waals surface area contributed by atoms with Gasteiger partial charge in [-0.1, -0.05) is 55.5 Å². The van der Waals surface area contributed by atoms with E-state index in [-0.39, 0.29) is 29.8 Å². The average molecular weight is 619 g/mol. The molecular weight excluding hydrogens is 584 g/mol. The summed E-state index contributed by atoms with van der Waals surface area (Å²) in [6.07, 6.45) is 2.03. The second-order valence-electron chi connectivity index (χ2n) is 9.08. The SMILES string of the molecule is CCN(CC)CCN(C(=O)c1ccc(S(=O)(=O)N(C)Cc2ccccc2)cc1)c1nc2ccc(SC)cc2s1.Cl. The van der Waals surface area contributed by atoms with Crippen molar-refractivity contribution in [3.63, 3.8) is 0 Å². The van der Waals surface area contributed by atoms with E-state index in [4.69, 9.17) is 4.98 Å². The minimum atomic E-state index is -3.71. The molecule has 0 N–H and O–H groups in total. The van der Waals surface area contributed by atoms with Crippen LogP contribution in [0.2, 0.25) is 0 Å². The van der Waals surface area contributed by atoms with Gasteiger partial charge in [0.15, 0.2) is 5.13 Å². The first-order chi connectivity index (χ1) is 18.8. The Bertz CT molecular complexity index is 1510. The number of carbonyl (C=O) groups excluding carboxylic acids is 1. The molecule has 214 valence electrons. The maximum atomic E-state index is 13.8. The highest BCUT2D eigenvalue weighted by Crippen LogP contribution is 2.32. The predicted molar refractivity (Wildman–Crippen MR) is 170 cm³/mol. The van der Waals surface area contributed by atoms with Crippen LogP contribution >= 0.6 is 35.5 Å². The van der Waals surface area contributed by atoms with Gasteiger partial charge in [-0.15, -0.1) is 24.2 Å². The monoisotopic (exact) mass is 618 g/mol. The molecule has 40 heavy (non-hydrogen) atoms. The molecule has 0 radical (unpaired) electrons. The lowest BCUT2D eigenvalue weighted by Crippen LogP contribution is -2.38. The molecule has 4 aromatic rings. The first-order valence-corrected chi connectivity index (χ1v) is 16.3. The highest BCUT2D eigenvalue weighted by Gasteiger charge is 2.25. The number of sulfonamides is 1. The fourth-order valence-electron chi connectivity index (χ4n) is 4.23. The van der Waals surface area contributed by atoms with Crippen LogP contribution in [-0.2, 0) is 16.6 Å². The van der Waals surface area contributed by atoms with E-state index in [1.807, 2.05) is 48.7 Å². The highest BCUT2D eigenvalue weighted by molar-refractivity contribution is 7.98. The first kappa shape index (κ1) is 32.0. The molecule has 11 heteroatoms. The van der Waals surface area contributed by atoms with Gasteiger partial charge in [-0.05, 0) is 67.4 Å². The molecule has 0 unspecified atom stereocenters. The third kappa shape index (κ3) is 7.43. The van der Waals surface area contributed by atoms with Crippen molar-refractivity contribution in [2.45, 2.75) is 30.2 Å². The van der Waals surface area contributed by atoms with Gasteiger partial charge < -0.3 is 4.90 Å². The minimum absolute atomic E-state index is 0. The van der Waals surface area contributed by atoms with Crippen molar-refractivity contribution < 1.29 is 13.2 Å². The van der Waals surface area contributed by atoms with Gasteiger partial charge in [-0.2, -0.15) is 4.31 Å². The average Bonchev–Trinajstić information content (AvgIpc) is 3.38. The maximum Gasteiger partial charge on any atom is 0.260 e. The van der Waals surface area contributed by atoms with E-state index < -0.39 is 10.0 Å². The molecule has 0 atom stereocenters. The normalized spacial score (nSPS) is 11.7. The number of halogens is 1. The number of hydrogen-bond donors (Lipinski definition) is 0. The fraction of sp³-hybridized carbons (Fsp3) is 0.310. The summed E-state index contributed by atoms with van der Waals surface area (Å²) in [5.41, 5.74) is 2.18. The minimum Gasteiger partial charge on any atom is -0.302 e. The first-order valence-electron chi connectivity index (χ1n) is 12.9. The topological polar surface area (TPSA) is 73.8 Å². The van der Waals surface area contributed by atoms with Crippen LogP contribution in [0.25, 0.3) is 10.2 Å². The van der Waals surface area contributed by atoms with Crippen LogP contribution in [0.1, 0.15) is 29.8 Å². The van der Waals surface area contributed by atoms with E-state index >= 15 is 0 Å². The molecule has 0 saturated heterocycles. The smallest absolute Gasteiger partial charge is 0.260 e. The lowest BCUT2D eigenvalue weighted by molar-refractivity contribution is 0.0983. The van der Waals surface area contributed by atoms with Crippen molar-refractivity contribution >= 4 is 66.8 Å².